The first-order valence-electron chi connectivity index (χ1n) is 10.6. The number of hydrogen-bond acceptors (Lipinski definition) is 6. The van der Waals surface area contributed by atoms with Gasteiger partial charge in [0.1, 0.15) is 5.82 Å². The molecule has 2 unspecified atom stereocenters. The molecule has 1 N–H and O–H groups in total. The third-order valence-corrected chi connectivity index (χ3v) is 9.56. The predicted molar refractivity (Wildman–Crippen MR) is 118 cm³/mol. The number of likely N-dealkylation sites (tertiary alicyclic amines) is 1. The Hall–Kier alpha value is -2.14. The van der Waals surface area contributed by atoms with E-state index in [4.69, 9.17) is 0 Å². The Bertz CT molecular complexity index is 1070. The number of fused-ring (bicyclic) bond motifs is 1. The molecule has 0 radical (unpaired) electrons. The lowest BCUT2D eigenvalue weighted by Crippen LogP contribution is -2.49. The first kappa shape index (κ1) is 20.7. The molecule has 3 aromatic heterocycles. The van der Waals surface area contributed by atoms with E-state index in [0.717, 1.165) is 36.1 Å². The fraction of sp³-hybridized carbons (Fsp3) is 0.476. The van der Waals surface area contributed by atoms with Crippen molar-refractivity contribution in [2.24, 2.45) is 5.92 Å². The van der Waals surface area contributed by atoms with E-state index in [2.05, 4.69) is 15.0 Å². The minimum absolute atomic E-state index is 0.0818. The van der Waals surface area contributed by atoms with Crippen LogP contribution in [0.25, 0.3) is 11.0 Å². The molecule has 0 saturated carbocycles. The minimum atomic E-state index is -3.51. The van der Waals surface area contributed by atoms with Crippen LogP contribution < -0.4 is 0 Å². The Balaban J connectivity index is 1.21. The number of thiophene rings is 1. The van der Waals surface area contributed by atoms with E-state index in [1.165, 1.54) is 15.6 Å². The fourth-order valence-corrected chi connectivity index (χ4v) is 7.27. The molecule has 3 aromatic rings. The average Bonchev–Trinajstić information content (AvgIpc) is 3.49. The summed E-state index contributed by atoms with van der Waals surface area (Å²) < 4.78 is 27.6. The van der Waals surface area contributed by atoms with Gasteiger partial charge in [-0.05, 0) is 43.2 Å². The van der Waals surface area contributed by atoms with E-state index in [1.54, 1.807) is 29.9 Å². The third kappa shape index (κ3) is 4.05. The number of nitrogens with one attached hydrogen (secondary N) is 1. The zero-order valence-corrected chi connectivity index (χ0v) is 18.7. The number of nitrogens with zero attached hydrogens (tertiary/aromatic N) is 4. The monoisotopic (exact) mass is 459 g/mol. The van der Waals surface area contributed by atoms with Crippen LogP contribution in [0.3, 0.4) is 0 Å². The highest BCUT2D eigenvalue weighted by atomic mass is 32.3. The van der Waals surface area contributed by atoms with Gasteiger partial charge in [-0.1, -0.05) is 15.5 Å². The molecule has 2 aliphatic rings. The number of carbonyl (C=O) groups excluding carboxylic acids is 1. The number of rotatable bonds is 4. The van der Waals surface area contributed by atoms with E-state index in [-0.39, 0.29) is 18.4 Å². The van der Waals surface area contributed by atoms with Crippen LogP contribution in [0.5, 0.6) is 0 Å². The highest BCUT2D eigenvalue weighted by Crippen LogP contribution is 2.32. The van der Waals surface area contributed by atoms with Gasteiger partial charge in [0.05, 0.1) is 29.7 Å². The smallest absolute Gasteiger partial charge is 0.229 e. The highest BCUT2D eigenvalue weighted by molar-refractivity contribution is 7.97. The summed E-state index contributed by atoms with van der Waals surface area (Å²) in [6.45, 7) is 2.10. The molecule has 0 bridgehead atoms. The number of carbonyl (C=O) groups is 1. The van der Waals surface area contributed by atoms with Crippen molar-refractivity contribution < 1.29 is 13.6 Å². The number of piperidine rings is 2. The lowest BCUT2D eigenvalue weighted by Gasteiger charge is -2.37. The summed E-state index contributed by atoms with van der Waals surface area (Å²) >= 11 is 1.22. The Kier molecular flexibility index (Phi) is 5.63. The van der Waals surface area contributed by atoms with Crippen LogP contribution in [0.2, 0.25) is 0 Å². The van der Waals surface area contributed by atoms with E-state index in [9.17, 15) is 13.6 Å². The summed E-state index contributed by atoms with van der Waals surface area (Å²) in [5.74, 6) is 1.06. The molecule has 0 aliphatic carbocycles. The Labute approximate surface area is 186 Å². The van der Waals surface area contributed by atoms with Crippen molar-refractivity contribution in [2.45, 2.75) is 35.8 Å². The number of hydrogen-bond donors (Lipinski definition) is 1. The average molecular weight is 460 g/mol. The van der Waals surface area contributed by atoms with E-state index in [0.29, 0.717) is 36.2 Å². The number of amides is 1. The third-order valence-electron chi connectivity index (χ3n) is 6.32. The number of sulfonamides is 1. The molecule has 2 aliphatic heterocycles. The predicted octanol–water partition coefficient (Wildman–Crippen LogP) is 3.04. The van der Waals surface area contributed by atoms with Crippen LogP contribution in [-0.4, -0.2) is 60.8 Å². The first-order valence-corrected chi connectivity index (χ1v) is 13.0. The van der Waals surface area contributed by atoms with E-state index in [1.807, 2.05) is 11.0 Å². The molecule has 5 heterocycles. The molecule has 2 saturated heterocycles. The standard InChI is InChI=1S/C21H25N5O3S2/c27-21(16-3-1-9-26(14-16)31(28,29)19-4-2-12-30-19)25-10-6-15(7-11-25)20-23-17-5-8-22-13-18(17)24-20/h2,4-5,8,12-13,15-16H,1,3,6-7,9-11,14H2,(H-,22,23,24,28,29). The second-order valence-corrected chi connectivity index (χ2v) is 11.4. The van der Waals surface area contributed by atoms with Crippen molar-refractivity contribution >= 4 is 38.7 Å². The van der Waals surface area contributed by atoms with Gasteiger partial charge in [-0.25, -0.2) is 4.98 Å². The molecule has 2 fully saturated rings. The van der Waals surface area contributed by atoms with Crippen molar-refractivity contribution in [1.82, 2.24) is 24.2 Å². The molecule has 5 rings (SSSR count). The van der Waals surface area contributed by atoms with Crippen molar-refractivity contribution in [3.05, 3.63) is 41.8 Å². The molecule has 31 heavy (non-hydrogen) atoms. The van der Waals surface area contributed by atoms with Crippen LogP contribution in [0.4, 0.5) is 0 Å². The summed E-state index contributed by atoms with van der Waals surface area (Å²) in [5.41, 5.74) is 1.85. The molecule has 0 spiro atoms. The number of aromatic amines is 1. The van der Waals surface area contributed by atoms with E-state index < -0.39 is 10.4 Å². The highest BCUT2D eigenvalue weighted by Gasteiger charge is 2.39. The summed E-state index contributed by atoms with van der Waals surface area (Å²) in [7, 11) is -3.51. The van der Waals surface area contributed by atoms with Crippen molar-refractivity contribution in [2.75, 3.05) is 26.2 Å². The first-order chi connectivity index (χ1) is 15.0. The molecular formula is C21H25N5O3S2. The fourth-order valence-electron chi connectivity index (χ4n) is 4.60. The van der Waals surface area contributed by atoms with Gasteiger partial charge in [0.15, 0.2) is 10.4 Å². The van der Waals surface area contributed by atoms with Gasteiger partial charge in [-0.15, -0.1) is 4.31 Å². The zero-order valence-electron chi connectivity index (χ0n) is 17.1. The summed E-state index contributed by atoms with van der Waals surface area (Å²) in [4.78, 5) is 27.3. The maximum Gasteiger partial charge on any atom is 0.229 e. The lowest BCUT2D eigenvalue weighted by molar-refractivity contribution is -0.137. The van der Waals surface area contributed by atoms with Gasteiger partial charge < -0.3 is 14.4 Å². The van der Waals surface area contributed by atoms with Gasteiger partial charge >= 0.3 is 0 Å². The molecule has 0 aromatic carbocycles. The van der Waals surface area contributed by atoms with Crippen LogP contribution in [0.1, 0.15) is 37.4 Å². The Morgan fingerprint density at radius 2 is 2.06 bits per heavy atom. The number of H-pyrrole nitrogens is 1. The molecule has 10 heteroatoms. The van der Waals surface area contributed by atoms with Crippen LogP contribution in [0, 0.1) is 5.92 Å². The topological polar surface area (TPSA) is 105 Å². The van der Waals surface area contributed by atoms with Gasteiger partial charge in [-0.3, -0.25) is 9.78 Å². The minimum Gasteiger partial charge on any atom is -0.592 e. The largest absolute Gasteiger partial charge is 0.592 e. The van der Waals surface area contributed by atoms with E-state index >= 15 is 0 Å². The molecule has 164 valence electrons. The SMILES string of the molecule is O=C(C1CCCN([S+](=O)([O-])c2cccs2)C1)N1CCC(c2nc3ccncc3[nH]2)CC1. The quantitative estimate of drug-likeness (QED) is 0.604. The van der Waals surface area contributed by atoms with Crippen LogP contribution >= 0.6 is 11.3 Å². The van der Waals surface area contributed by atoms with Crippen LogP contribution in [-0.2, 0) is 19.4 Å². The maximum atomic E-state index is 13.2. The van der Waals surface area contributed by atoms with Crippen molar-refractivity contribution in [3.63, 3.8) is 0 Å². The van der Waals surface area contributed by atoms with Gasteiger partial charge in [0.25, 0.3) is 0 Å². The van der Waals surface area contributed by atoms with Crippen LogP contribution in [0.15, 0.2) is 40.2 Å². The second-order valence-electron chi connectivity index (χ2n) is 8.25. The maximum absolute atomic E-state index is 13.2. The van der Waals surface area contributed by atoms with Gasteiger partial charge in [0, 0.05) is 37.8 Å². The summed E-state index contributed by atoms with van der Waals surface area (Å²) in [5, 5.41) is 1.77. The second kappa shape index (κ2) is 8.42. The molecule has 1 amide bonds. The number of imidazole rings is 1. The zero-order chi connectivity index (χ0) is 21.4. The Morgan fingerprint density at radius 1 is 1.23 bits per heavy atom. The van der Waals surface area contributed by atoms with Gasteiger partial charge in [0.2, 0.25) is 10.1 Å². The Morgan fingerprint density at radius 3 is 2.81 bits per heavy atom. The molecular weight excluding hydrogens is 434 g/mol. The lowest BCUT2D eigenvalue weighted by atomic mass is 9.93. The van der Waals surface area contributed by atoms with Crippen molar-refractivity contribution in [1.29, 1.82) is 0 Å². The summed E-state index contributed by atoms with van der Waals surface area (Å²) in [6.07, 6.45) is 6.67. The molecule has 8 nitrogen and oxygen atoms in total. The van der Waals surface area contributed by atoms with Gasteiger partial charge in [-0.2, -0.15) is 0 Å². The van der Waals surface area contributed by atoms with Crippen molar-refractivity contribution in [3.8, 4) is 0 Å². The molecule has 2 atom stereocenters. The normalized spacial score (nSPS) is 23.1. The summed E-state index contributed by atoms with van der Waals surface area (Å²) in [6, 6.07) is 5.27. The number of pyridine rings is 1. The number of aromatic nitrogens is 3.